The molecular weight excluding hydrogens is 366 g/mol. The van der Waals surface area contributed by atoms with Gasteiger partial charge in [0.15, 0.2) is 6.61 Å². The van der Waals surface area contributed by atoms with Crippen molar-refractivity contribution >= 4 is 5.91 Å². The van der Waals surface area contributed by atoms with E-state index >= 15 is 0 Å². The molecule has 0 spiro atoms. The monoisotopic (exact) mass is 391 g/mol. The van der Waals surface area contributed by atoms with Gasteiger partial charge in [0.25, 0.3) is 11.5 Å². The Bertz CT molecular complexity index is 996. The lowest BCUT2D eigenvalue weighted by molar-refractivity contribution is -0.123. The van der Waals surface area contributed by atoms with Crippen LogP contribution in [0.2, 0.25) is 0 Å². The van der Waals surface area contributed by atoms with Crippen molar-refractivity contribution in [3.63, 3.8) is 0 Å². The minimum Gasteiger partial charge on any atom is -0.484 e. The predicted molar refractivity (Wildman–Crippen MR) is 113 cm³/mol. The van der Waals surface area contributed by atoms with Crippen LogP contribution < -0.4 is 15.6 Å². The highest BCUT2D eigenvalue weighted by atomic mass is 16.5. The van der Waals surface area contributed by atoms with Gasteiger partial charge in [0.2, 0.25) is 0 Å². The summed E-state index contributed by atoms with van der Waals surface area (Å²) in [6.07, 6.45) is 0. The van der Waals surface area contributed by atoms with E-state index in [1.165, 1.54) is 16.3 Å². The van der Waals surface area contributed by atoms with Crippen molar-refractivity contribution in [2.45, 2.75) is 26.3 Å². The van der Waals surface area contributed by atoms with Gasteiger partial charge in [-0.2, -0.15) is 5.10 Å². The summed E-state index contributed by atoms with van der Waals surface area (Å²) in [4.78, 5) is 24.0. The zero-order valence-corrected chi connectivity index (χ0v) is 16.7. The molecule has 0 radical (unpaired) electrons. The molecular formula is C23H25N3O3. The van der Waals surface area contributed by atoms with Crippen LogP contribution in [0, 0.1) is 0 Å². The lowest BCUT2D eigenvalue weighted by atomic mass is 10.0. The molecule has 3 aromatic rings. The number of hydrogen-bond donors (Lipinski definition) is 1. The Labute approximate surface area is 170 Å². The van der Waals surface area contributed by atoms with Crippen molar-refractivity contribution in [3.8, 4) is 17.0 Å². The van der Waals surface area contributed by atoms with Crippen LogP contribution in [0.25, 0.3) is 11.3 Å². The van der Waals surface area contributed by atoms with Crippen LogP contribution in [0.1, 0.15) is 25.3 Å². The molecule has 6 nitrogen and oxygen atoms in total. The smallest absolute Gasteiger partial charge is 0.266 e. The zero-order chi connectivity index (χ0) is 20.6. The van der Waals surface area contributed by atoms with Crippen LogP contribution in [-0.4, -0.2) is 28.8 Å². The first-order valence-electron chi connectivity index (χ1n) is 9.66. The molecule has 3 rings (SSSR count). The Morgan fingerprint density at radius 3 is 2.45 bits per heavy atom. The quantitative estimate of drug-likeness (QED) is 0.640. The zero-order valence-electron chi connectivity index (χ0n) is 16.7. The van der Waals surface area contributed by atoms with Crippen LogP contribution >= 0.6 is 0 Å². The largest absolute Gasteiger partial charge is 0.484 e. The fourth-order valence-corrected chi connectivity index (χ4v) is 2.82. The summed E-state index contributed by atoms with van der Waals surface area (Å²) in [7, 11) is 0. The first-order valence-corrected chi connectivity index (χ1v) is 9.66. The van der Waals surface area contributed by atoms with E-state index in [2.05, 4.69) is 24.3 Å². The van der Waals surface area contributed by atoms with Crippen molar-refractivity contribution in [2.24, 2.45) is 0 Å². The molecule has 1 aromatic heterocycles. The van der Waals surface area contributed by atoms with Gasteiger partial charge in [-0.1, -0.05) is 56.3 Å². The highest BCUT2D eigenvalue weighted by Gasteiger charge is 2.06. The van der Waals surface area contributed by atoms with E-state index in [1.54, 1.807) is 6.07 Å². The highest BCUT2D eigenvalue weighted by Crippen LogP contribution is 2.18. The number of carbonyl (C=O) groups excluding carboxylic acids is 1. The van der Waals surface area contributed by atoms with E-state index in [1.807, 2.05) is 54.6 Å². The molecule has 29 heavy (non-hydrogen) atoms. The van der Waals surface area contributed by atoms with Gasteiger partial charge >= 0.3 is 0 Å². The van der Waals surface area contributed by atoms with Gasteiger partial charge in [0, 0.05) is 18.2 Å². The maximum absolute atomic E-state index is 12.0. The Hall–Kier alpha value is -3.41. The number of amides is 1. The minimum absolute atomic E-state index is 0.0760. The molecule has 0 atom stereocenters. The summed E-state index contributed by atoms with van der Waals surface area (Å²) in [5.74, 6) is 0.855. The summed E-state index contributed by atoms with van der Waals surface area (Å²) in [5.41, 5.74) is 2.66. The molecule has 1 amide bonds. The molecule has 1 heterocycles. The molecule has 150 valence electrons. The summed E-state index contributed by atoms with van der Waals surface area (Å²) in [5, 5.41) is 7.13. The average Bonchev–Trinajstić information content (AvgIpc) is 2.74. The van der Waals surface area contributed by atoms with E-state index < -0.39 is 0 Å². The van der Waals surface area contributed by atoms with Crippen molar-refractivity contribution in [1.29, 1.82) is 0 Å². The predicted octanol–water partition coefficient (Wildman–Crippen LogP) is 3.23. The molecule has 0 unspecified atom stereocenters. The number of nitrogens with one attached hydrogen (secondary N) is 1. The summed E-state index contributed by atoms with van der Waals surface area (Å²) >= 11 is 0. The van der Waals surface area contributed by atoms with Gasteiger partial charge < -0.3 is 10.1 Å². The number of nitrogens with zero attached hydrogens (tertiary/aromatic N) is 2. The second-order valence-electron chi connectivity index (χ2n) is 7.01. The molecule has 1 N–H and O–H groups in total. The van der Waals surface area contributed by atoms with Crippen LogP contribution in [0.5, 0.6) is 5.75 Å². The maximum atomic E-state index is 12.0. The first-order chi connectivity index (χ1) is 14.0. The van der Waals surface area contributed by atoms with Gasteiger partial charge in [0.1, 0.15) is 5.75 Å². The molecule has 0 aliphatic rings. The average molecular weight is 391 g/mol. The van der Waals surface area contributed by atoms with Crippen LogP contribution in [0.3, 0.4) is 0 Å². The second-order valence-corrected chi connectivity index (χ2v) is 7.01. The lowest BCUT2D eigenvalue weighted by Crippen LogP contribution is -2.34. The van der Waals surface area contributed by atoms with E-state index in [0.29, 0.717) is 23.9 Å². The third kappa shape index (κ3) is 5.78. The Balaban J connectivity index is 1.49. The molecule has 0 aliphatic carbocycles. The standard InChI is InChI=1S/C23H25N3O3/c1-17(2)18-8-10-20(11-9-18)29-16-22(27)24-14-15-26-23(28)13-12-21(25-26)19-6-4-3-5-7-19/h3-13,17H,14-16H2,1-2H3,(H,24,27). The maximum Gasteiger partial charge on any atom is 0.266 e. The topological polar surface area (TPSA) is 73.2 Å². The third-order valence-electron chi connectivity index (χ3n) is 4.50. The molecule has 2 aromatic carbocycles. The van der Waals surface area contributed by atoms with E-state index in [0.717, 1.165) is 5.56 Å². The summed E-state index contributed by atoms with van der Waals surface area (Å²) in [6.45, 7) is 4.75. The SMILES string of the molecule is CC(C)c1ccc(OCC(=O)NCCn2nc(-c3ccccc3)ccc2=O)cc1. The summed E-state index contributed by atoms with van der Waals surface area (Å²) in [6, 6.07) is 20.5. The van der Waals surface area contributed by atoms with Crippen molar-refractivity contribution in [3.05, 3.63) is 82.6 Å². The van der Waals surface area contributed by atoms with E-state index in [4.69, 9.17) is 4.74 Å². The molecule has 0 saturated carbocycles. The highest BCUT2D eigenvalue weighted by molar-refractivity contribution is 5.77. The number of hydrogen-bond acceptors (Lipinski definition) is 4. The third-order valence-corrected chi connectivity index (χ3v) is 4.50. The van der Waals surface area contributed by atoms with Crippen LogP contribution in [-0.2, 0) is 11.3 Å². The van der Waals surface area contributed by atoms with Crippen molar-refractivity contribution < 1.29 is 9.53 Å². The van der Waals surface area contributed by atoms with E-state index in [-0.39, 0.29) is 24.6 Å². The fourth-order valence-electron chi connectivity index (χ4n) is 2.82. The summed E-state index contributed by atoms with van der Waals surface area (Å²) < 4.78 is 6.87. The fraction of sp³-hybridized carbons (Fsp3) is 0.261. The van der Waals surface area contributed by atoms with Gasteiger partial charge in [-0.3, -0.25) is 9.59 Å². The number of aromatic nitrogens is 2. The Morgan fingerprint density at radius 1 is 1.03 bits per heavy atom. The van der Waals surface area contributed by atoms with Gasteiger partial charge in [-0.25, -0.2) is 4.68 Å². The Kier molecular flexibility index (Phi) is 6.79. The van der Waals surface area contributed by atoms with Crippen LogP contribution in [0.4, 0.5) is 0 Å². The normalized spacial score (nSPS) is 10.7. The molecule has 0 fully saturated rings. The van der Waals surface area contributed by atoms with Gasteiger partial charge in [-0.05, 0) is 29.7 Å². The number of benzene rings is 2. The number of carbonyl (C=O) groups is 1. The van der Waals surface area contributed by atoms with E-state index in [9.17, 15) is 9.59 Å². The number of ether oxygens (including phenoxy) is 1. The molecule has 0 aliphatic heterocycles. The van der Waals surface area contributed by atoms with Crippen molar-refractivity contribution in [2.75, 3.05) is 13.2 Å². The van der Waals surface area contributed by atoms with Crippen molar-refractivity contribution in [1.82, 2.24) is 15.1 Å². The van der Waals surface area contributed by atoms with Gasteiger partial charge in [0.05, 0.1) is 12.2 Å². The molecule has 6 heteroatoms. The molecule has 0 saturated heterocycles. The minimum atomic E-state index is -0.245. The molecule has 0 bridgehead atoms. The van der Waals surface area contributed by atoms with Crippen LogP contribution in [0.15, 0.2) is 71.5 Å². The lowest BCUT2D eigenvalue weighted by Gasteiger charge is -2.10. The first kappa shape index (κ1) is 20.3. The Morgan fingerprint density at radius 2 is 1.76 bits per heavy atom. The van der Waals surface area contributed by atoms with Gasteiger partial charge in [-0.15, -0.1) is 0 Å². The number of rotatable bonds is 8. The second kappa shape index (κ2) is 9.68.